The molecule has 0 bridgehead atoms. The summed E-state index contributed by atoms with van der Waals surface area (Å²) in [5.41, 5.74) is 22.2. The molecule has 4 N–H and O–H groups in total. The number of aromatic nitrogens is 6. The number of hydrogen-bond acceptors (Lipinski definition) is 14. The van der Waals surface area contributed by atoms with E-state index in [4.69, 9.17) is 27.8 Å². The van der Waals surface area contributed by atoms with Gasteiger partial charge in [0.1, 0.15) is 29.9 Å². The molecule has 2 atom stereocenters. The summed E-state index contributed by atoms with van der Waals surface area (Å²) in [6.45, 7) is 14.8. The maximum absolute atomic E-state index is 12.8. The number of hydrogen-bond donors (Lipinski definition) is 2. The van der Waals surface area contributed by atoms with E-state index in [-0.39, 0.29) is 55.7 Å². The summed E-state index contributed by atoms with van der Waals surface area (Å²) < 4.78 is 5.56. The van der Waals surface area contributed by atoms with Crippen molar-refractivity contribution in [2.75, 3.05) is 37.6 Å². The minimum atomic E-state index is -0.538. The van der Waals surface area contributed by atoms with Crippen LogP contribution in [0.15, 0.2) is 160 Å². The van der Waals surface area contributed by atoms with Gasteiger partial charge in [0.2, 0.25) is 11.1 Å². The Balaban J connectivity index is 0.000000209. The number of ether oxygens (including phenoxy) is 1. The third-order valence-corrected chi connectivity index (χ3v) is 13.6. The molecule has 2 aliphatic rings. The molecule has 2 saturated heterocycles. The number of halogens is 1. The second kappa shape index (κ2) is 25.9. The molecule has 2 aliphatic heterocycles. The van der Waals surface area contributed by atoms with Gasteiger partial charge in [-0.3, -0.25) is 29.1 Å². The van der Waals surface area contributed by atoms with E-state index in [1.54, 1.807) is 17.3 Å². The van der Waals surface area contributed by atoms with Gasteiger partial charge in [0, 0.05) is 72.9 Å². The molecular weight excluding hydrogens is 1020 g/mol. The van der Waals surface area contributed by atoms with Crippen LogP contribution in [0.4, 0.5) is 16.4 Å². The molecule has 0 radical (unpaired) electrons. The van der Waals surface area contributed by atoms with Gasteiger partial charge in [-0.25, -0.2) is 24.7 Å². The molecule has 8 aromatic rings. The van der Waals surface area contributed by atoms with Crippen LogP contribution in [-0.4, -0.2) is 100 Å². The highest BCUT2D eigenvalue weighted by Gasteiger charge is 2.33. The third kappa shape index (κ3) is 14.1. The molecule has 79 heavy (non-hydrogen) atoms. The van der Waals surface area contributed by atoms with Gasteiger partial charge in [-0.05, 0) is 115 Å². The number of nitrogen functional groups attached to an aromatic ring is 2. The van der Waals surface area contributed by atoms with Gasteiger partial charge in [-0.1, -0.05) is 106 Å². The lowest BCUT2D eigenvalue weighted by Crippen LogP contribution is -2.35. The summed E-state index contributed by atoms with van der Waals surface area (Å²) in [5.74, 6) is 1.03. The van der Waals surface area contributed by atoms with Crippen molar-refractivity contribution in [2.45, 2.75) is 71.3 Å². The Morgan fingerprint density at radius 2 is 1.04 bits per heavy atom. The predicted molar refractivity (Wildman–Crippen MR) is 310 cm³/mol. The number of likely N-dealkylation sites (tertiary alicyclic amines) is 2. The molecule has 2 amide bonds. The molecule has 6 heterocycles. The maximum Gasteiger partial charge on any atom is 0.410 e. The first-order chi connectivity index (χ1) is 37.5. The number of nitrogens with zero attached hydrogens (tertiary/aromatic N) is 8. The number of amides is 2. The van der Waals surface area contributed by atoms with E-state index in [1.807, 2.05) is 123 Å². The van der Waals surface area contributed by atoms with Crippen molar-refractivity contribution in [3.63, 3.8) is 0 Å². The number of fused-ring (bicyclic) bond motifs is 2. The molecule has 2 unspecified atom stereocenters. The van der Waals surface area contributed by atoms with Gasteiger partial charge >= 0.3 is 6.09 Å². The number of nitrogens with two attached hydrogens (primary N) is 2. The van der Waals surface area contributed by atoms with E-state index in [0.717, 1.165) is 85.5 Å². The minimum absolute atomic E-state index is 0. The standard InChI is InChI=1S/C30H31N5O3.C28H25N5O2.C3H3ClO.CH4/c1-30(2,3)38-29(37)35-15-13-21(17-35)24-12-11-23(26-27(24)33-18-34-28(26)31)19-7-9-20(10-8-19)25(36)16-22-6-4-5-14-32-22;1-2-25(35)33-14-12-20(16-33)23-11-10-22(26-27(23)31-17-32-28(26)29)18-6-8-19(9-7-18)24(34)15-21-5-3-4-13-30-21;1-2-3(4)5;/h4-12,14,18,21H,13,15-17H2,1-3H3,(H2,31,33,34);2-11,13,17,20H,1,12,14-16H2,(H2,29,31,32);2H,1H2;1H4. The van der Waals surface area contributed by atoms with Crippen LogP contribution in [0.2, 0.25) is 0 Å². The van der Waals surface area contributed by atoms with Crippen LogP contribution in [0.3, 0.4) is 0 Å². The van der Waals surface area contributed by atoms with Gasteiger partial charge in [0.05, 0.1) is 34.6 Å². The zero-order valence-electron chi connectivity index (χ0n) is 43.6. The molecule has 0 saturated carbocycles. The average Bonchev–Trinajstić information content (AvgIpc) is 4.15. The molecule has 404 valence electrons. The Kier molecular flexibility index (Phi) is 18.9. The Hall–Kier alpha value is -9.02. The van der Waals surface area contributed by atoms with E-state index in [2.05, 4.69) is 55.2 Å². The Morgan fingerprint density at radius 1 is 0.608 bits per heavy atom. The first kappa shape index (κ1) is 57.7. The van der Waals surface area contributed by atoms with E-state index < -0.39 is 10.8 Å². The van der Waals surface area contributed by atoms with Crippen LogP contribution < -0.4 is 11.5 Å². The number of Topliss-reactive ketones (excluding diaryl/α,β-unsaturated/α-hetero) is 2. The Bertz CT molecular complexity index is 3520. The number of ketones is 2. The zero-order valence-corrected chi connectivity index (χ0v) is 44.4. The Morgan fingerprint density at radius 3 is 1.43 bits per heavy atom. The molecule has 4 aromatic carbocycles. The zero-order chi connectivity index (χ0) is 55.5. The summed E-state index contributed by atoms with van der Waals surface area (Å²) in [5, 5.41) is 1.05. The smallest absolute Gasteiger partial charge is 0.410 e. The highest BCUT2D eigenvalue weighted by Crippen LogP contribution is 2.40. The number of carbonyl (C=O) groups is 5. The monoisotopic (exact) mass is 1080 g/mol. The largest absolute Gasteiger partial charge is 0.444 e. The fraction of sp³-hybridized carbons (Fsp3) is 0.242. The SMILES string of the molecule is C.C=CC(=O)Cl.C=CC(=O)N1CCC(c2ccc(-c3ccc(C(=O)Cc4ccccn4)cc3)c3c(N)ncnc23)C1.CC(C)(C)OC(=O)N1CCC(c2ccc(-c3ccc(C(=O)Cc4ccccn4)cc3)c3c(N)ncnc23)C1. The van der Waals surface area contributed by atoms with Crippen molar-refractivity contribution in [3.8, 4) is 22.3 Å². The molecule has 0 aliphatic carbocycles. The van der Waals surface area contributed by atoms with Crippen molar-refractivity contribution in [1.29, 1.82) is 0 Å². The van der Waals surface area contributed by atoms with Gasteiger partial charge in [-0.15, -0.1) is 0 Å². The minimum Gasteiger partial charge on any atom is -0.444 e. The molecule has 10 rings (SSSR count). The normalized spacial score (nSPS) is 14.7. The number of pyridine rings is 2. The molecule has 16 nitrogen and oxygen atoms in total. The van der Waals surface area contributed by atoms with E-state index in [1.165, 1.54) is 18.7 Å². The van der Waals surface area contributed by atoms with Crippen LogP contribution in [0.5, 0.6) is 0 Å². The van der Waals surface area contributed by atoms with E-state index in [9.17, 15) is 24.0 Å². The van der Waals surface area contributed by atoms with E-state index >= 15 is 0 Å². The fourth-order valence-electron chi connectivity index (χ4n) is 9.64. The van der Waals surface area contributed by atoms with Crippen LogP contribution >= 0.6 is 11.6 Å². The lowest BCUT2D eigenvalue weighted by atomic mass is 9.91. The molecule has 4 aromatic heterocycles. The third-order valence-electron chi connectivity index (χ3n) is 13.4. The summed E-state index contributed by atoms with van der Waals surface area (Å²) in [6, 6.07) is 34.3. The lowest BCUT2D eigenvalue weighted by Gasteiger charge is -2.24. The Labute approximate surface area is 464 Å². The van der Waals surface area contributed by atoms with Crippen molar-refractivity contribution >= 4 is 73.9 Å². The quantitative estimate of drug-likeness (QED) is 0.0659. The number of benzene rings is 4. The number of rotatable bonds is 12. The van der Waals surface area contributed by atoms with Gasteiger partial charge in [0.15, 0.2) is 11.6 Å². The maximum atomic E-state index is 12.8. The number of allylic oxidation sites excluding steroid dienone is 1. The first-order valence-electron chi connectivity index (χ1n) is 25.4. The molecule has 17 heteroatoms. The summed E-state index contributed by atoms with van der Waals surface area (Å²) >= 11 is 4.71. The molecule has 2 fully saturated rings. The van der Waals surface area contributed by atoms with Crippen LogP contribution in [0, 0.1) is 0 Å². The number of anilines is 2. The van der Waals surface area contributed by atoms with Gasteiger partial charge in [0.25, 0.3) is 0 Å². The van der Waals surface area contributed by atoms with Crippen LogP contribution in [0.25, 0.3) is 44.1 Å². The molecule has 0 spiro atoms. The van der Waals surface area contributed by atoms with Crippen LogP contribution in [0.1, 0.15) is 96.1 Å². The van der Waals surface area contributed by atoms with Gasteiger partial charge < -0.3 is 26.0 Å². The average molecular weight is 1080 g/mol. The second-order valence-corrected chi connectivity index (χ2v) is 20.1. The van der Waals surface area contributed by atoms with E-state index in [0.29, 0.717) is 48.9 Å². The predicted octanol–water partition coefficient (Wildman–Crippen LogP) is 11.2. The fourth-order valence-corrected chi connectivity index (χ4v) is 9.64. The van der Waals surface area contributed by atoms with Crippen LogP contribution in [-0.2, 0) is 27.2 Å². The van der Waals surface area contributed by atoms with Crippen molar-refractivity contribution in [3.05, 3.63) is 193 Å². The highest BCUT2D eigenvalue weighted by molar-refractivity contribution is 6.66. The number of carbonyl (C=O) groups excluding carboxylic acids is 5. The topological polar surface area (TPSA) is 230 Å². The van der Waals surface area contributed by atoms with Crippen molar-refractivity contribution < 1.29 is 28.7 Å². The van der Waals surface area contributed by atoms with Crippen molar-refractivity contribution in [1.82, 2.24) is 39.7 Å². The summed E-state index contributed by atoms with van der Waals surface area (Å²) in [6.07, 6.45) is 10.6. The van der Waals surface area contributed by atoms with Crippen molar-refractivity contribution in [2.24, 2.45) is 0 Å². The summed E-state index contributed by atoms with van der Waals surface area (Å²) in [7, 11) is 0. The first-order valence-corrected chi connectivity index (χ1v) is 25.7. The summed E-state index contributed by atoms with van der Waals surface area (Å²) in [4.78, 5) is 89.3. The second-order valence-electron chi connectivity index (χ2n) is 19.8. The lowest BCUT2D eigenvalue weighted by molar-refractivity contribution is -0.125. The highest BCUT2D eigenvalue weighted by atomic mass is 35.5. The molecular formula is C62H63ClN10O6. The van der Waals surface area contributed by atoms with Gasteiger partial charge in [-0.2, -0.15) is 0 Å².